The molecule has 1 aromatic rings. The molecular weight excluding hydrogens is 250 g/mol. The molecule has 2 amide bonds. The highest BCUT2D eigenvalue weighted by atomic mass is 16.4. The molecule has 100 valence electrons. The number of rotatable bonds is 5. The fourth-order valence-electron chi connectivity index (χ4n) is 1.19. The Morgan fingerprint density at radius 1 is 1.42 bits per heavy atom. The molecule has 0 fully saturated rings. The van der Waals surface area contributed by atoms with Gasteiger partial charge in [-0.25, -0.2) is 4.79 Å². The number of carbonyl (C=O) groups is 3. The number of carboxylic acid groups (broad SMARTS) is 1. The highest BCUT2D eigenvalue weighted by Gasteiger charge is 2.13. The number of aliphatic carboxylic acids is 1. The Hall–Kier alpha value is -2.70. The minimum Gasteiger partial charge on any atom is -0.478 e. The van der Waals surface area contributed by atoms with Gasteiger partial charge < -0.3 is 16.2 Å². The summed E-state index contributed by atoms with van der Waals surface area (Å²) in [5.74, 6) is -2.26. The summed E-state index contributed by atoms with van der Waals surface area (Å²) in [6.45, 7) is 1.46. The molecule has 4 N–H and O–H groups in total. The van der Waals surface area contributed by atoms with Gasteiger partial charge in [0.25, 0.3) is 5.91 Å². The molecule has 1 heterocycles. The van der Waals surface area contributed by atoms with Crippen molar-refractivity contribution in [2.75, 3.05) is 0 Å². The first kappa shape index (κ1) is 14.4. The van der Waals surface area contributed by atoms with Gasteiger partial charge in [0.2, 0.25) is 5.91 Å². The van der Waals surface area contributed by atoms with Crippen LogP contribution in [0.3, 0.4) is 0 Å². The molecule has 0 aliphatic heterocycles. The van der Waals surface area contributed by atoms with Crippen LogP contribution in [0.5, 0.6) is 0 Å². The molecule has 7 nitrogen and oxygen atoms in total. The third kappa shape index (κ3) is 4.58. The fourth-order valence-corrected chi connectivity index (χ4v) is 1.19. The summed E-state index contributed by atoms with van der Waals surface area (Å²) in [5.41, 5.74) is 5.70. The van der Waals surface area contributed by atoms with Crippen LogP contribution in [0.25, 0.3) is 6.08 Å². The smallest absolute Gasteiger partial charge is 0.328 e. The minimum atomic E-state index is -1.10. The van der Waals surface area contributed by atoms with Crippen molar-refractivity contribution in [1.29, 1.82) is 0 Å². The maximum Gasteiger partial charge on any atom is 0.328 e. The highest BCUT2D eigenvalue weighted by molar-refractivity contribution is 5.97. The van der Waals surface area contributed by atoms with Gasteiger partial charge in [0.05, 0.1) is 5.56 Å². The van der Waals surface area contributed by atoms with E-state index in [9.17, 15) is 14.4 Å². The second-order valence-corrected chi connectivity index (χ2v) is 3.78. The maximum atomic E-state index is 11.8. The molecule has 1 atom stereocenters. The van der Waals surface area contributed by atoms with Crippen LogP contribution in [-0.2, 0) is 9.59 Å². The van der Waals surface area contributed by atoms with Gasteiger partial charge in [0, 0.05) is 18.5 Å². The van der Waals surface area contributed by atoms with Crippen LogP contribution in [0.2, 0.25) is 0 Å². The van der Waals surface area contributed by atoms with Crippen molar-refractivity contribution in [1.82, 2.24) is 10.3 Å². The van der Waals surface area contributed by atoms with Gasteiger partial charge in [-0.1, -0.05) is 0 Å². The van der Waals surface area contributed by atoms with E-state index in [0.717, 1.165) is 6.08 Å². The van der Waals surface area contributed by atoms with E-state index >= 15 is 0 Å². The third-order valence-electron chi connectivity index (χ3n) is 2.21. The number of nitrogens with zero attached hydrogens (tertiary/aromatic N) is 1. The molecule has 1 unspecified atom stereocenters. The molecule has 0 spiro atoms. The number of amides is 2. The average Bonchev–Trinajstić information content (AvgIpc) is 2.36. The molecule has 0 bridgehead atoms. The molecular formula is C12H13N3O4. The van der Waals surface area contributed by atoms with E-state index in [1.807, 2.05) is 0 Å². The summed E-state index contributed by atoms with van der Waals surface area (Å²) in [5, 5.41) is 10.9. The number of primary amides is 1. The van der Waals surface area contributed by atoms with Gasteiger partial charge in [0.1, 0.15) is 6.04 Å². The Balaban J connectivity index is 2.84. The fraction of sp³-hybridized carbons (Fsp3) is 0.167. The molecule has 0 saturated carbocycles. The van der Waals surface area contributed by atoms with E-state index in [-0.39, 0.29) is 5.56 Å². The zero-order chi connectivity index (χ0) is 14.4. The topological polar surface area (TPSA) is 122 Å². The molecule has 1 rings (SSSR count). The lowest BCUT2D eigenvalue weighted by atomic mass is 10.1. The Kier molecular flexibility index (Phi) is 4.76. The Morgan fingerprint density at radius 3 is 2.68 bits per heavy atom. The molecule has 0 aliphatic rings. The van der Waals surface area contributed by atoms with Crippen molar-refractivity contribution in [2.45, 2.75) is 13.0 Å². The number of hydrogen-bond donors (Lipinski definition) is 3. The van der Waals surface area contributed by atoms with E-state index in [1.165, 1.54) is 31.5 Å². The quantitative estimate of drug-likeness (QED) is 0.634. The molecule has 7 heteroatoms. The van der Waals surface area contributed by atoms with Crippen molar-refractivity contribution in [2.24, 2.45) is 5.73 Å². The number of aromatic nitrogens is 1. The first-order valence-electron chi connectivity index (χ1n) is 5.36. The summed E-state index contributed by atoms with van der Waals surface area (Å²) < 4.78 is 0. The SMILES string of the molecule is CC(NC(=O)c1cncc(C=CC(=O)O)c1)C(N)=O. The number of carboxylic acids is 1. The summed E-state index contributed by atoms with van der Waals surface area (Å²) in [7, 11) is 0. The van der Waals surface area contributed by atoms with E-state index in [1.54, 1.807) is 0 Å². The summed E-state index contributed by atoms with van der Waals surface area (Å²) in [6, 6.07) is 0.654. The van der Waals surface area contributed by atoms with E-state index < -0.39 is 23.8 Å². The first-order chi connectivity index (χ1) is 8.90. The van der Waals surface area contributed by atoms with Crippen molar-refractivity contribution in [3.8, 4) is 0 Å². The lowest BCUT2D eigenvalue weighted by Gasteiger charge is -2.09. The van der Waals surface area contributed by atoms with E-state index in [2.05, 4.69) is 10.3 Å². The Bertz CT molecular complexity index is 540. The largest absolute Gasteiger partial charge is 0.478 e. The van der Waals surface area contributed by atoms with Crippen molar-refractivity contribution in [3.05, 3.63) is 35.7 Å². The normalized spacial score (nSPS) is 12.1. The molecule has 0 aromatic carbocycles. The van der Waals surface area contributed by atoms with Crippen LogP contribution in [0.1, 0.15) is 22.8 Å². The lowest BCUT2D eigenvalue weighted by molar-refractivity contribution is -0.131. The number of carbonyl (C=O) groups excluding carboxylic acids is 2. The molecule has 19 heavy (non-hydrogen) atoms. The number of nitrogens with two attached hydrogens (primary N) is 1. The van der Waals surface area contributed by atoms with E-state index in [0.29, 0.717) is 5.56 Å². The first-order valence-corrected chi connectivity index (χ1v) is 5.36. The second-order valence-electron chi connectivity index (χ2n) is 3.78. The van der Waals surface area contributed by atoms with Crippen LogP contribution in [0.15, 0.2) is 24.5 Å². The monoisotopic (exact) mass is 263 g/mol. The van der Waals surface area contributed by atoms with Crippen LogP contribution in [0, 0.1) is 0 Å². The number of hydrogen-bond acceptors (Lipinski definition) is 4. The maximum absolute atomic E-state index is 11.8. The second kappa shape index (κ2) is 6.29. The van der Waals surface area contributed by atoms with Gasteiger partial charge in [-0.3, -0.25) is 14.6 Å². The van der Waals surface area contributed by atoms with Gasteiger partial charge in [-0.15, -0.1) is 0 Å². The third-order valence-corrected chi connectivity index (χ3v) is 2.21. The van der Waals surface area contributed by atoms with E-state index in [4.69, 9.17) is 10.8 Å². The highest BCUT2D eigenvalue weighted by Crippen LogP contribution is 2.05. The summed E-state index contributed by atoms with van der Waals surface area (Å²) >= 11 is 0. The zero-order valence-corrected chi connectivity index (χ0v) is 10.2. The summed E-state index contributed by atoms with van der Waals surface area (Å²) in [6.07, 6.45) is 4.96. The minimum absolute atomic E-state index is 0.209. The molecule has 0 radical (unpaired) electrons. The number of pyridine rings is 1. The van der Waals surface area contributed by atoms with Crippen LogP contribution in [-0.4, -0.2) is 33.9 Å². The van der Waals surface area contributed by atoms with Gasteiger partial charge in [0.15, 0.2) is 0 Å². The predicted octanol–water partition coefficient (Wildman–Crippen LogP) is -0.217. The van der Waals surface area contributed by atoms with Gasteiger partial charge in [-0.05, 0) is 24.6 Å². The summed E-state index contributed by atoms with van der Waals surface area (Å²) in [4.78, 5) is 36.8. The van der Waals surface area contributed by atoms with Crippen LogP contribution >= 0.6 is 0 Å². The van der Waals surface area contributed by atoms with Crippen molar-refractivity contribution >= 4 is 23.9 Å². The molecule has 0 saturated heterocycles. The lowest BCUT2D eigenvalue weighted by Crippen LogP contribution is -2.42. The van der Waals surface area contributed by atoms with Gasteiger partial charge in [-0.2, -0.15) is 0 Å². The Morgan fingerprint density at radius 2 is 2.11 bits per heavy atom. The zero-order valence-electron chi connectivity index (χ0n) is 10.2. The number of nitrogens with one attached hydrogen (secondary N) is 1. The standard InChI is InChI=1S/C12H13N3O4/c1-7(11(13)18)15-12(19)9-4-8(5-14-6-9)2-3-10(16)17/h2-7H,1H3,(H2,13,18)(H,15,19)(H,16,17). The van der Waals surface area contributed by atoms with Crippen molar-refractivity contribution in [3.63, 3.8) is 0 Å². The predicted molar refractivity (Wildman–Crippen MR) is 67.0 cm³/mol. The molecule has 0 aliphatic carbocycles. The molecule has 1 aromatic heterocycles. The van der Waals surface area contributed by atoms with Crippen LogP contribution < -0.4 is 11.1 Å². The Labute approximate surface area is 109 Å². The van der Waals surface area contributed by atoms with Gasteiger partial charge >= 0.3 is 5.97 Å². The van der Waals surface area contributed by atoms with Crippen LogP contribution in [0.4, 0.5) is 0 Å². The van der Waals surface area contributed by atoms with Crippen molar-refractivity contribution < 1.29 is 19.5 Å². The average molecular weight is 263 g/mol.